The van der Waals surface area contributed by atoms with Gasteiger partial charge in [0.15, 0.2) is 11.2 Å². The number of carbonyl (C=O) groups is 1. The van der Waals surface area contributed by atoms with E-state index in [2.05, 4.69) is 19.9 Å². The van der Waals surface area contributed by atoms with Gasteiger partial charge >= 0.3 is 5.97 Å². The van der Waals surface area contributed by atoms with Crippen molar-refractivity contribution >= 4 is 11.5 Å². The minimum absolute atomic E-state index is 0.0525. The number of methoxy groups -OCH3 is 1. The van der Waals surface area contributed by atoms with Gasteiger partial charge in [-0.15, -0.1) is 14.8 Å². The second-order valence-corrected chi connectivity index (χ2v) is 2.51. The smallest absolute Gasteiger partial charge is 0.358 e. The molecule has 0 aromatic carbocycles. The summed E-state index contributed by atoms with van der Waals surface area (Å²) in [6.45, 7) is 0. The first-order valence-corrected chi connectivity index (χ1v) is 3.74. The summed E-state index contributed by atoms with van der Waals surface area (Å²) in [7, 11) is 1.24. The van der Waals surface area contributed by atoms with E-state index in [1.54, 1.807) is 0 Å². The fraction of sp³-hybridized carbons (Fsp3) is 0.143. The van der Waals surface area contributed by atoms with Gasteiger partial charge in [0, 0.05) is 6.07 Å². The molecule has 0 fully saturated rings. The number of aromatic amines is 1. The Kier molecular flexibility index (Phi) is 1.77. The molecule has 7 heteroatoms. The maximum atomic E-state index is 11.2. The number of carbonyl (C=O) groups excluding carboxylic acids is 1. The molecule has 0 unspecified atom stereocenters. The highest BCUT2D eigenvalue weighted by Gasteiger charge is 2.12. The van der Waals surface area contributed by atoms with E-state index in [-0.39, 0.29) is 16.8 Å². The fourth-order valence-electron chi connectivity index (χ4n) is 1.04. The summed E-state index contributed by atoms with van der Waals surface area (Å²) < 4.78 is 5.53. The van der Waals surface area contributed by atoms with Gasteiger partial charge in [-0.25, -0.2) is 4.79 Å². The van der Waals surface area contributed by atoms with E-state index < -0.39 is 5.97 Å². The first kappa shape index (κ1) is 8.42. The number of nitrogens with one attached hydrogen (secondary N) is 1. The minimum atomic E-state index is -0.602. The van der Waals surface area contributed by atoms with Crippen LogP contribution in [0.15, 0.2) is 17.2 Å². The van der Waals surface area contributed by atoms with E-state index in [1.165, 1.54) is 19.5 Å². The van der Waals surface area contributed by atoms with Gasteiger partial charge in [0.2, 0.25) is 0 Å². The fourth-order valence-corrected chi connectivity index (χ4v) is 1.04. The van der Waals surface area contributed by atoms with E-state index >= 15 is 0 Å². The predicted octanol–water partition coefficient (Wildman–Crippen LogP) is -0.796. The van der Waals surface area contributed by atoms with E-state index in [9.17, 15) is 9.59 Å². The summed E-state index contributed by atoms with van der Waals surface area (Å²) in [5.41, 5.74) is -0.104. The molecule has 72 valence electrons. The van der Waals surface area contributed by atoms with Crippen molar-refractivity contribution in [3.63, 3.8) is 0 Å². The van der Waals surface area contributed by atoms with Crippen LogP contribution in [0.3, 0.4) is 0 Å². The van der Waals surface area contributed by atoms with Gasteiger partial charge in [0.1, 0.15) is 6.33 Å². The lowest BCUT2D eigenvalue weighted by molar-refractivity contribution is 0.0593. The van der Waals surface area contributed by atoms with Crippen LogP contribution in [0, 0.1) is 0 Å². The van der Waals surface area contributed by atoms with Crippen LogP contribution < -0.4 is 5.56 Å². The van der Waals surface area contributed by atoms with Crippen LogP contribution in [0.25, 0.3) is 5.52 Å². The molecule has 0 radical (unpaired) electrons. The summed E-state index contributed by atoms with van der Waals surface area (Å²) in [4.78, 5) is 24.6. The number of ether oxygens (including phenoxy) is 1. The molecule has 0 aliphatic rings. The third-order valence-corrected chi connectivity index (χ3v) is 1.68. The standard InChI is InChI=1S/C7H6N4O3/c1-14-7(13)4-2-5-6(12)8-3-9-11(5)10-4/h2-3H,1H3,(H,8,9,12). The van der Waals surface area contributed by atoms with Gasteiger partial charge in [-0.1, -0.05) is 0 Å². The normalized spacial score (nSPS) is 10.4. The van der Waals surface area contributed by atoms with Gasteiger partial charge in [0.25, 0.3) is 5.56 Å². The molecule has 0 saturated carbocycles. The van der Waals surface area contributed by atoms with Crippen molar-refractivity contribution < 1.29 is 9.53 Å². The van der Waals surface area contributed by atoms with Gasteiger partial charge < -0.3 is 9.72 Å². The van der Waals surface area contributed by atoms with E-state index in [0.29, 0.717) is 0 Å². The van der Waals surface area contributed by atoms with Crippen LogP contribution in [-0.4, -0.2) is 32.9 Å². The third kappa shape index (κ3) is 1.15. The SMILES string of the molecule is COC(=O)c1cc2c(=O)[nH]cnn2n1. The monoisotopic (exact) mass is 194 g/mol. The molecular weight excluding hydrogens is 188 g/mol. The summed E-state index contributed by atoms with van der Waals surface area (Å²) in [5.74, 6) is -0.602. The number of hydrogen-bond donors (Lipinski definition) is 1. The van der Waals surface area contributed by atoms with Crippen LogP contribution in [0.5, 0.6) is 0 Å². The molecule has 0 aliphatic carbocycles. The van der Waals surface area contributed by atoms with Crippen LogP contribution in [0.4, 0.5) is 0 Å². The van der Waals surface area contributed by atoms with Crippen molar-refractivity contribution in [2.24, 2.45) is 0 Å². The van der Waals surface area contributed by atoms with Crippen LogP contribution in [-0.2, 0) is 4.74 Å². The van der Waals surface area contributed by atoms with Crippen molar-refractivity contribution in [3.8, 4) is 0 Å². The number of hydrogen-bond acceptors (Lipinski definition) is 5. The van der Waals surface area contributed by atoms with Crippen LogP contribution in [0.1, 0.15) is 10.5 Å². The van der Waals surface area contributed by atoms with Gasteiger partial charge in [-0.3, -0.25) is 4.79 Å². The zero-order valence-electron chi connectivity index (χ0n) is 7.22. The van der Waals surface area contributed by atoms with E-state index in [1.807, 2.05) is 0 Å². The molecule has 7 nitrogen and oxygen atoms in total. The number of H-pyrrole nitrogens is 1. The van der Waals surface area contributed by atoms with Crippen LogP contribution >= 0.6 is 0 Å². The van der Waals surface area contributed by atoms with Crippen molar-refractivity contribution in [2.75, 3.05) is 7.11 Å². The number of aromatic nitrogens is 4. The highest BCUT2D eigenvalue weighted by Crippen LogP contribution is 2.00. The van der Waals surface area contributed by atoms with Gasteiger partial charge in [0.05, 0.1) is 7.11 Å². The molecule has 0 saturated heterocycles. The molecule has 0 amide bonds. The largest absolute Gasteiger partial charge is 0.464 e. The highest BCUT2D eigenvalue weighted by molar-refractivity contribution is 5.88. The Balaban J connectivity index is 2.68. The van der Waals surface area contributed by atoms with Gasteiger partial charge in [-0.05, 0) is 0 Å². The first-order chi connectivity index (χ1) is 6.72. The number of nitrogens with zero attached hydrogens (tertiary/aromatic N) is 3. The van der Waals surface area contributed by atoms with E-state index in [4.69, 9.17) is 0 Å². The second-order valence-electron chi connectivity index (χ2n) is 2.51. The molecule has 2 aromatic heterocycles. The molecule has 0 aliphatic heterocycles. The Hall–Kier alpha value is -2.18. The molecule has 14 heavy (non-hydrogen) atoms. The quantitative estimate of drug-likeness (QED) is 0.600. The number of esters is 1. The van der Waals surface area contributed by atoms with Gasteiger partial charge in [-0.2, -0.15) is 0 Å². The summed E-state index contributed by atoms with van der Waals surface area (Å²) in [6.07, 6.45) is 1.20. The molecule has 2 rings (SSSR count). The Labute approximate surface area is 77.3 Å². The minimum Gasteiger partial charge on any atom is -0.464 e. The van der Waals surface area contributed by atoms with Crippen molar-refractivity contribution in [1.82, 2.24) is 19.8 Å². The third-order valence-electron chi connectivity index (χ3n) is 1.68. The lowest BCUT2D eigenvalue weighted by Gasteiger charge is -1.89. The zero-order chi connectivity index (χ0) is 10.1. The van der Waals surface area contributed by atoms with Crippen molar-refractivity contribution in [3.05, 3.63) is 28.4 Å². The average Bonchev–Trinajstić information content (AvgIpc) is 2.62. The van der Waals surface area contributed by atoms with Crippen molar-refractivity contribution in [2.45, 2.75) is 0 Å². The average molecular weight is 194 g/mol. The van der Waals surface area contributed by atoms with E-state index in [0.717, 1.165) is 4.63 Å². The first-order valence-electron chi connectivity index (χ1n) is 3.74. The lowest BCUT2D eigenvalue weighted by Crippen LogP contribution is -2.10. The highest BCUT2D eigenvalue weighted by atomic mass is 16.5. The Morgan fingerprint density at radius 1 is 1.64 bits per heavy atom. The zero-order valence-corrected chi connectivity index (χ0v) is 7.22. The second kappa shape index (κ2) is 2.95. The Bertz CT molecular complexity index is 541. The molecule has 1 N–H and O–H groups in total. The Morgan fingerprint density at radius 2 is 2.43 bits per heavy atom. The Morgan fingerprint density at radius 3 is 3.07 bits per heavy atom. The lowest BCUT2D eigenvalue weighted by atomic mass is 10.4. The predicted molar refractivity (Wildman–Crippen MR) is 44.9 cm³/mol. The summed E-state index contributed by atoms with van der Waals surface area (Å²) in [6, 6.07) is 1.32. The molecule has 0 spiro atoms. The van der Waals surface area contributed by atoms with Crippen LogP contribution in [0.2, 0.25) is 0 Å². The molecule has 2 aromatic rings. The maximum absolute atomic E-state index is 11.2. The number of rotatable bonds is 1. The summed E-state index contributed by atoms with van der Waals surface area (Å²) in [5, 5.41) is 7.48. The number of fused-ring (bicyclic) bond motifs is 1. The molecular formula is C7H6N4O3. The maximum Gasteiger partial charge on any atom is 0.358 e. The molecule has 0 atom stereocenters. The molecule has 2 heterocycles. The molecule has 0 bridgehead atoms. The summed E-state index contributed by atoms with van der Waals surface area (Å²) >= 11 is 0. The van der Waals surface area contributed by atoms with Crippen molar-refractivity contribution in [1.29, 1.82) is 0 Å². The topological polar surface area (TPSA) is 89.4 Å².